The van der Waals surface area contributed by atoms with Gasteiger partial charge in [-0.15, -0.1) is 0 Å². The number of likely N-dealkylation sites (tertiary alicyclic amines) is 1. The van der Waals surface area contributed by atoms with Gasteiger partial charge in [-0.3, -0.25) is 9.88 Å². The van der Waals surface area contributed by atoms with Gasteiger partial charge in [-0.1, -0.05) is 13.3 Å². The van der Waals surface area contributed by atoms with E-state index in [4.69, 9.17) is 4.74 Å². The van der Waals surface area contributed by atoms with Gasteiger partial charge in [0.25, 0.3) is 0 Å². The second-order valence-electron chi connectivity index (χ2n) is 7.36. The number of piperidine rings is 1. The molecule has 4 nitrogen and oxygen atoms in total. The molecule has 0 amide bonds. The van der Waals surface area contributed by atoms with Gasteiger partial charge in [0, 0.05) is 49.0 Å². The lowest BCUT2D eigenvalue weighted by molar-refractivity contribution is 0.0943. The van der Waals surface area contributed by atoms with Gasteiger partial charge in [-0.2, -0.15) is 0 Å². The van der Waals surface area contributed by atoms with Crippen molar-refractivity contribution in [3.63, 3.8) is 0 Å². The molecule has 0 aliphatic carbocycles. The molecule has 2 rings (SSSR count). The van der Waals surface area contributed by atoms with Crippen LogP contribution in [0.25, 0.3) is 0 Å². The quantitative estimate of drug-likeness (QED) is 0.759. The summed E-state index contributed by atoms with van der Waals surface area (Å²) in [4.78, 5) is 9.79. The molecule has 0 spiro atoms. The Morgan fingerprint density at radius 1 is 1.33 bits per heavy atom. The number of rotatable bonds is 7. The van der Waals surface area contributed by atoms with E-state index in [9.17, 15) is 0 Å². The lowest BCUT2D eigenvalue weighted by Crippen LogP contribution is -2.46. The zero-order valence-corrected chi connectivity index (χ0v) is 16.4. The SMILES string of the molecule is CCCC(C)N(C)C1CCN(Cc2ncc(C)c(OC)c2C)CC1. The molecule has 1 aromatic heterocycles. The van der Waals surface area contributed by atoms with Crippen molar-refractivity contribution in [2.75, 3.05) is 27.2 Å². The predicted molar refractivity (Wildman–Crippen MR) is 101 cm³/mol. The highest BCUT2D eigenvalue weighted by Crippen LogP contribution is 2.26. The number of hydrogen-bond donors (Lipinski definition) is 0. The summed E-state index contributed by atoms with van der Waals surface area (Å²) >= 11 is 0. The first-order valence-corrected chi connectivity index (χ1v) is 9.41. The molecule has 1 aliphatic rings. The van der Waals surface area contributed by atoms with Crippen LogP contribution in [0.4, 0.5) is 0 Å². The summed E-state index contributed by atoms with van der Waals surface area (Å²) in [5, 5.41) is 0. The Morgan fingerprint density at radius 2 is 2.00 bits per heavy atom. The van der Waals surface area contributed by atoms with Crippen LogP contribution in [0.15, 0.2) is 6.20 Å². The fourth-order valence-electron chi connectivity index (χ4n) is 3.91. The summed E-state index contributed by atoms with van der Waals surface area (Å²) in [6.07, 6.45) is 7.01. The Hall–Kier alpha value is -1.13. The minimum Gasteiger partial charge on any atom is -0.496 e. The van der Waals surface area contributed by atoms with Crippen LogP contribution >= 0.6 is 0 Å². The maximum absolute atomic E-state index is 5.54. The molecule has 1 aliphatic heterocycles. The van der Waals surface area contributed by atoms with E-state index in [1.165, 1.54) is 31.2 Å². The van der Waals surface area contributed by atoms with Gasteiger partial charge in [0.05, 0.1) is 12.8 Å². The standard InChI is InChI=1S/C20H35N3O/c1-7-8-16(3)22(5)18-9-11-23(12-10-18)14-19-17(4)20(24-6)15(2)13-21-19/h13,16,18H,7-12,14H2,1-6H3. The van der Waals surface area contributed by atoms with Crippen LogP contribution in [0.3, 0.4) is 0 Å². The lowest BCUT2D eigenvalue weighted by Gasteiger charge is -2.39. The highest BCUT2D eigenvalue weighted by atomic mass is 16.5. The first kappa shape index (κ1) is 19.2. The second-order valence-corrected chi connectivity index (χ2v) is 7.36. The maximum Gasteiger partial charge on any atom is 0.128 e. The summed E-state index contributed by atoms with van der Waals surface area (Å²) in [6, 6.07) is 1.42. The predicted octanol–water partition coefficient (Wildman–Crippen LogP) is 3.79. The fraction of sp³-hybridized carbons (Fsp3) is 0.750. The first-order valence-electron chi connectivity index (χ1n) is 9.41. The highest BCUT2D eigenvalue weighted by Gasteiger charge is 2.25. The number of aryl methyl sites for hydroxylation is 1. The Bertz CT molecular complexity index is 524. The number of pyridine rings is 1. The molecule has 1 aromatic rings. The molecule has 24 heavy (non-hydrogen) atoms. The van der Waals surface area contributed by atoms with Crippen LogP contribution in [0.1, 0.15) is 56.4 Å². The van der Waals surface area contributed by atoms with Crippen LogP contribution in [-0.2, 0) is 6.54 Å². The van der Waals surface area contributed by atoms with Crippen molar-refractivity contribution in [2.45, 2.75) is 72.0 Å². The molecule has 0 saturated carbocycles. The minimum absolute atomic E-state index is 0.692. The summed E-state index contributed by atoms with van der Waals surface area (Å²) in [5.41, 5.74) is 3.46. The van der Waals surface area contributed by atoms with E-state index in [2.05, 4.69) is 49.5 Å². The summed E-state index contributed by atoms with van der Waals surface area (Å²) < 4.78 is 5.54. The summed E-state index contributed by atoms with van der Waals surface area (Å²) in [5.74, 6) is 0.989. The molecule has 4 heteroatoms. The average Bonchev–Trinajstić information content (AvgIpc) is 2.58. The van der Waals surface area contributed by atoms with Gasteiger partial charge >= 0.3 is 0 Å². The largest absolute Gasteiger partial charge is 0.496 e. The average molecular weight is 334 g/mol. The van der Waals surface area contributed by atoms with Gasteiger partial charge in [0.2, 0.25) is 0 Å². The Kier molecular flexibility index (Phi) is 7.05. The highest BCUT2D eigenvalue weighted by molar-refractivity contribution is 5.41. The molecular formula is C20H35N3O. The molecule has 1 saturated heterocycles. The van der Waals surface area contributed by atoms with Crippen molar-refractivity contribution < 1.29 is 4.74 Å². The monoisotopic (exact) mass is 333 g/mol. The van der Waals surface area contributed by atoms with E-state index >= 15 is 0 Å². The summed E-state index contributed by atoms with van der Waals surface area (Å²) in [7, 11) is 4.05. The van der Waals surface area contributed by atoms with E-state index in [0.717, 1.165) is 42.7 Å². The van der Waals surface area contributed by atoms with Crippen LogP contribution in [0, 0.1) is 13.8 Å². The smallest absolute Gasteiger partial charge is 0.128 e. The number of aromatic nitrogens is 1. The Morgan fingerprint density at radius 3 is 2.58 bits per heavy atom. The van der Waals surface area contributed by atoms with Crippen molar-refractivity contribution >= 4 is 0 Å². The van der Waals surface area contributed by atoms with Crippen molar-refractivity contribution in [1.82, 2.24) is 14.8 Å². The topological polar surface area (TPSA) is 28.6 Å². The van der Waals surface area contributed by atoms with Gasteiger partial charge in [-0.25, -0.2) is 0 Å². The molecule has 2 heterocycles. The van der Waals surface area contributed by atoms with E-state index in [-0.39, 0.29) is 0 Å². The zero-order valence-electron chi connectivity index (χ0n) is 16.4. The number of nitrogens with zero attached hydrogens (tertiary/aromatic N) is 3. The normalized spacial score (nSPS) is 18.1. The molecule has 0 radical (unpaired) electrons. The lowest BCUT2D eigenvalue weighted by atomic mass is 10.00. The molecule has 0 bridgehead atoms. The third kappa shape index (κ3) is 4.48. The van der Waals surface area contributed by atoms with Crippen molar-refractivity contribution in [3.8, 4) is 5.75 Å². The van der Waals surface area contributed by atoms with Crippen LogP contribution < -0.4 is 4.74 Å². The molecular weight excluding hydrogens is 298 g/mol. The van der Waals surface area contributed by atoms with Gasteiger partial charge < -0.3 is 9.64 Å². The van der Waals surface area contributed by atoms with Gasteiger partial charge in [0.15, 0.2) is 0 Å². The van der Waals surface area contributed by atoms with Crippen molar-refractivity contribution in [1.29, 1.82) is 0 Å². The molecule has 0 aromatic carbocycles. The molecule has 1 unspecified atom stereocenters. The van der Waals surface area contributed by atoms with Crippen molar-refractivity contribution in [3.05, 3.63) is 23.0 Å². The van der Waals surface area contributed by atoms with Crippen LogP contribution in [-0.4, -0.2) is 54.1 Å². The number of methoxy groups -OCH3 is 1. The van der Waals surface area contributed by atoms with E-state index in [1.54, 1.807) is 7.11 Å². The third-order valence-corrected chi connectivity index (χ3v) is 5.66. The molecule has 136 valence electrons. The van der Waals surface area contributed by atoms with Crippen LogP contribution in [0.2, 0.25) is 0 Å². The molecule has 1 atom stereocenters. The number of hydrogen-bond acceptors (Lipinski definition) is 4. The summed E-state index contributed by atoms with van der Waals surface area (Å²) in [6.45, 7) is 12.1. The second kappa shape index (κ2) is 8.82. The minimum atomic E-state index is 0.692. The Balaban J connectivity index is 1.92. The first-order chi connectivity index (χ1) is 11.5. The van der Waals surface area contributed by atoms with E-state index in [1.807, 2.05) is 6.20 Å². The van der Waals surface area contributed by atoms with Gasteiger partial charge in [0.1, 0.15) is 5.75 Å². The Labute approximate surface area is 148 Å². The molecule has 1 fully saturated rings. The zero-order chi connectivity index (χ0) is 17.7. The fourth-order valence-corrected chi connectivity index (χ4v) is 3.91. The van der Waals surface area contributed by atoms with E-state index in [0.29, 0.717) is 6.04 Å². The third-order valence-electron chi connectivity index (χ3n) is 5.66. The maximum atomic E-state index is 5.54. The molecule has 0 N–H and O–H groups in total. The van der Waals surface area contributed by atoms with Crippen molar-refractivity contribution in [2.24, 2.45) is 0 Å². The van der Waals surface area contributed by atoms with E-state index < -0.39 is 0 Å². The van der Waals surface area contributed by atoms with Crippen LogP contribution in [0.5, 0.6) is 5.75 Å². The number of ether oxygens (including phenoxy) is 1. The van der Waals surface area contributed by atoms with Gasteiger partial charge in [-0.05, 0) is 47.1 Å².